The molecule has 2 aromatic carbocycles. The Balaban J connectivity index is 2.07. The topological polar surface area (TPSA) is 26.3 Å². The lowest BCUT2D eigenvalue weighted by Gasteiger charge is -2.09. The lowest BCUT2D eigenvalue weighted by Crippen LogP contribution is -2.07. The number of carbonyl (C=O) groups is 1. The minimum atomic E-state index is -0.944. The van der Waals surface area contributed by atoms with Gasteiger partial charge in [-0.2, -0.15) is 0 Å². The van der Waals surface area contributed by atoms with E-state index in [4.69, 9.17) is 4.74 Å². The Morgan fingerprint density at radius 3 is 2.29 bits per heavy atom. The van der Waals surface area contributed by atoms with Gasteiger partial charge in [-0.25, -0.2) is 8.78 Å². The van der Waals surface area contributed by atoms with Gasteiger partial charge in [-0.05, 0) is 55.8 Å². The monoisotopic (exact) mass is 290 g/mol. The van der Waals surface area contributed by atoms with E-state index in [2.05, 4.69) is 0 Å². The number of ether oxygens (including phenoxy) is 1. The summed E-state index contributed by atoms with van der Waals surface area (Å²) in [4.78, 5) is 12.1. The van der Waals surface area contributed by atoms with Crippen LogP contribution in [0.2, 0.25) is 0 Å². The van der Waals surface area contributed by atoms with Crippen LogP contribution in [0.5, 0.6) is 5.75 Å². The largest absolute Gasteiger partial charge is 0.491 e. The van der Waals surface area contributed by atoms with E-state index in [0.717, 1.165) is 12.1 Å². The maximum absolute atomic E-state index is 13.1. The van der Waals surface area contributed by atoms with Crippen molar-refractivity contribution in [1.29, 1.82) is 0 Å². The van der Waals surface area contributed by atoms with E-state index in [9.17, 15) is 13.6 Å². The second-order valence-electron chi connectivity index (χ2n) is 5.04. The van der Waals surface area contributed by atoms with Crippen molar-refractivity contribution in [2.75, 3.05) is 0 Å². The van der Waals surface area contributed by atoms with Crippen LogP contribution in [0.4, 0.5) is 8.78 Å². The fourth-order valence-electron chi connectivity index (χ4n) is 1.93. The van der Waals surface area contributed by atoms with Gasteiger partial charge in [-0.1, -0.05) is 6.07 Å². The van der Waals surface area contributed by atoms with Crippen LogP contribution in [0, 0.1) is 11.6 Å². The van der Waals surface area contributed by atoms with Crippen molar-refractivity contribution in [2.45, 2.75) is 26.4 Å². The van der Waals surface area contributed by atoms with Gasteiger partial charge in [0.1, 0.15) is 5.75 Å². The van der Waals surface area contributed by atoms with Crippen molar-refractivity contribution in [3.05, 3.63) is 65.2 Å². The zero-order valence-corrected chi connectivity index (χ0v) is 11.9. The van der Waals surface area contributed by atoms with Crippen LogP contribution in [-0.2, 0) is 6.42 Å². The first kappa shape index (κ1) is 15.2. The van der Waals surface area contributed by atoms with E-state index < -0.39 is 11.6 Å². The summed E-state index contributed by atoms with van der Waals surface area (Å²) in [5, 5.41) is 0. The summed E-state index contributed by atoms with van der Waals surface area (Å²) < 4.78 is 31.4. The molecular formula is C17H16F2O2. The molecule has 0 amide bonds. The van der Waals surface area contributed by atoms with Crippen LogP contribution in [0.3, 0.4) is 0 Å². The average molecular weight is 290 g/mol. The van der Waals surface area contributed by atoms with Crippen molar-refractivity contribution in [2.24, 2.45) is 0 Å². The molecule has 0 fully saturated rings. The van der Waals surface area contributed by atoms with Crippen LogP contribution >= 0.6 is 0 Å². The molecule has 0 saturated carbocycles. The third kappa shape index (κ3) is 4.12. The molecule has 2 nitrogen and oxygen atoms in total. The summed E-state index contributed by atoms with van der Waals surface area (Å²) in [6, 6.07) is 10.3. The van der Waals surface area contributed by atoms with Crippen LogP contribution in [0.25, 0.3) is 0 Å². The van der Waals surface area contributed by atoms with Gasteiger partial charge in [0.2, 0.25) is 0 Å². The molecule has 110 valence electrons. The average Bonchev–Trinajstić information content (AvgIpc) is 2.43. The second-order valence-corrected chi connectivity index (χ2v) is 5.04. The minimum absolute atomic E-state index is 0.0293. The molecule has 2 aromatic rings. The molecule has 0 N–H and O–H groups in total. The van der Waals surface area contributed by atoms with E-state index >= 15 is 0 Å². The van der Waals surface area contributed by atoms with E-state index in [1.807, 2.05) is 13.8 Å². The van der Waals surface area contributed by atoms with Crippen molar-refractivity contribution >= 4 is 5.78 Å². The summed E-state index contributed by atoms with van der Waals surface area (Å²) in [5.74, 6) is -1.33. The van der Waals surface area contributed by atoms with Gasteiger partial charge in [0, 0.05) is 12.0 Å². The quantitative estimate of drug-likeness (QED) is 0.772. The molecule has 0 aliphatic rings. The fourth-order valence-corrected chi connectivity index (χ4v) is 1.93. The Bertz CT molecular complexity index is 634. The molecule has 21 heavy (non-hydrogen) atoms. The standard InChI is InChI=1S/C17H16F2O2/c1-11(2)21-14-6-4-13(5-7-14)17(20)10-12-3-8-15(18)16(19)9-12/h3-9,11H,10H2,1-2H3. The maximum atomic E-state index is 13.1. The van der Waals surface area contributed by atoms with Gasteiger partial charge in [0.25, 0.3) is 0 Å². The lowest BCUT2D eigenvalue weighted by atomic mass is 10.0. The summed E-state index contributed by atoms with van der Waals surface area (Å²) in [7, 11) is 0. The fraction of sp³-hybridized carbons (Fsp3) is 0.235. The van der Waals surface area contributed by atoms with E-state index in [1.54, 1.807) is 24.3 Å². The maximum Gasteiger partial charge on any atom is 0.167 e. The highest BCUT2D eigenvalue weighted by atomic mass is 19.2. The first-order valence-electron chi connectivity index (χ1n) is 6.69. The van der Waals surface area contributed by atoms with Gasteiger partial charge >= 0.3 is 0 Å². The molecular weight excluding hydrogens is 274 g/mol. The predicted octanol–water partition coefficient (Wildman–Crippen LogP) is 4.18. The van der Waals surface area contributed by atoms with E-state index in [1.165, 1.54) is 6.07 Å². The number of ketones is 1. The van der Waals surface area contributed by atoms with E-state index in [-0.39, 0.29) is 18.3 Å². The molecule has 0 unspecified atom stereocenters. The first-order valence-corrected chi connectivity index (χ1v) is 6.69. The third-order valence-corrected chi connectivity index (χ3v) is 2.90. The van der Waals surface area contributed by atoms with Crippen molar-refractivity contribution in [3.8, 4) is 5.75 Å². The highest BCUT2D eigenvalue weighted by Crippen LogP contribution is 2.16. The molecule has 0 aliphatic carbocycles. The Kier molecular flexibility index (Phi) is 4.68. The Hall–Kier alpha value is -2.23. The number of carbonyl (C=O) groups excluding carboxylic acids is 1. The number of hydrogen-bond donors (Lipinski definition) is 0. The normalized spacial score (nSPS) is 10.7. The van der Waals surface area contributed by atoms with Crippen LogP contribution in [0.1, 0.15) is 29.8 Å². The summed E-state index contributed by atoms with van der Waals surface area (Å²) in [6.45, 7) is 3.84. The van der Waals surface area contributed by atoms with Crippen molar-refractivity contribution < 1.29 is 18.3 Å². The molecule has 0 aromatic heterocycles. The first-order chi connectivity index (χ1) is 9.95. The molecule has 2 rings (SSSR count). The summed E-state index contributed by atoms with van der Waals surface area (Å²) >= 11 is 0. The molecule has 4 heteroatoms. The van der Waals surface area contributed by atoms with E-state index in [0.29, 0.717) is 16.9 Å². The SMILES string of the molecule is CC(C)Oc1ccc(C(=O)Cc2ccc(F)c(F)c2)cc1. The van der Waals surface area contributed by atoms with Crippen molar-refractivity contribution in [3.63, 3.8) is 0 Å². The molecule has 0 heterocycles. The van der Waals surface area contributed by atoms with Gasteiger partial charge < -0.3 is 4.74 Å². The van der Waals surface area contributed by atoms with Gasteiger partial charge in [0.05, 0.1) is 6.10 Å². The summed E-state index contributed by atoms with van der Waals surface area (Å²) in [5.41, 5.74) is 0.956. The number of Topliss-reactive ketones (excluding diaryl/α,β-unsaturated/α-hetero) is 1. The number of halogens is 2. The molecule has 0 aliphatic heterocycles. The zero-order chi connectivity index (χ0) is 15.4. The van der Waals surface area contributed by atoms with Crippen LogP contribution < -0.4 is 4.74 Å². The smallest absolute Gasteiger partial charge is 0.167 e. The number of benzene rings is 2. The summed E-state index contributed by atoms with van der Waals surface area (Å²) in [6.07, 6.45) is 0.0930. The van der Waals surface area contributed by atoms with Crippen LogP contribution in [0.15, 0.2) is 42.5 Å². The van der Waals surface area contributed by atoms with Crippen molar-refractivity contribution in [1.82, 2.24) is 0 Å². The Morgan fingerprint density at radius 1 is 1.05 bits per heavy atom. The minimum Gasteiger partial charge on any atom is -0.491 e. The zero-order valence-electron chi connectivity index (χ0n) is 11.9. The van der Waals surface area contributed by atoms with Gasteiger partial charge in [-0.3, -0.25) is 4.79 Å². The molecule has 0 radical (unpaired) electrons. The molecule has 0 spiro atoms. The second kappa shape index (κ2) is 6.48. The highest BCUT2D eigenvalue weighted by molar-refractivity contribution is 5.97. The van der Waals surface area contributed by atoms with Crippen LogP contribution in [-0.4, -0.2) is 11.9 Å². The Labute approximate surface area is 122 Å². The molecule has 0 bridgehead atoms. The highest BCUT2D eigenvalue weighted by Gasteiger charge is 2.10. The van der Waals surface area contributed by atoms with Gasteiger partial charge in [-0.15, -0.1) is 0 Å². The molecule has 0 atom stereocenters. The Morgan fingerprint density at radius 2 is 1.71 bits per heavy atom. The third-order valence-electron chi connectivity index (χ3n) is 2.90. The van der Waals surface area contributed by atoms with Gasteiger partial charge in [0.15, 0.2) is 17.4 Å². The lowest BCUT2D eigenvalue weighted by molar-refractivity contribution is 0.0993. The predicted molar refractivity (Wildman–Crippen MR) is 76.6 cm³/mol. The number of rotatable bonds is 5. The number of hydrogen-bond acceptors (Lipinski definition) is 2. The molecule has 0 saturated heterocycles.